The van der Waals surface area contributed by atoms with E-state index in [9.17, 15) is 0 Å². The molecule has 0 unspecified atom stereocenters. The molecule has 0 amide bonds. The van der Waals surface area contributed by atoms with Gasteiger partial charge in [0.05, 0.1) is 11.4 Å². The topological polar surface area (TPSA) is 80.8 Å². The van der Waals surface area contributed by atoms with Crippen LogP contribution in [0.25, 0.3) is 61.3 Å². The Morgan fingerprint density at radius 1 is 0.534 bits per heavy atom. The molecule has 0 saturated carbocycles. The van der Waals surface area contributed by atoms with E-state index in [0.29, 0.717) is 17.2 Å². The van der Waals surface area contributed by atoms with Crippen LogP contribution in [-0.2, 0) is 6.42 Å². The number of anilines is 3. The zero-order chi connectivity index (χ0) is 39.0. The average molecular weight is 749 g/mol. The molecule has 1 heterocycles. The summed E-state index contributed by atoms with van der Waals surface area (Å²) in [4.78, 5) is 7.48. The number of aryl methyl sites for hydroxylation is 1. The maximum absolute atomic E-state index is 7.22. The van der Waals surface area contributed by atoms with Crippen LogP contribution in [0, 0.1) is 0 Å². The second-order valence-electron chi connectivity index (χ2n) is 14.7. The molecule has 0 aliphatic heterocycles. The third kappa shape index (κ3) is 6.39. The quantitative estimate of drug-likeness (QED) is 0.0921. The van der Waals surface area contributed by atoms with Gasteiger partial charge in [0.1, 0.15) is 17.0 Å². The van der Waals surface area contributed by atoms with E-state index in [1.54, 1.807) is 0 Å². The first kappa shape index (κ1) is 34.8. The molecule has 0 fully saturated rings. The number of allylic oxidation sites excluding steroid dienone is 1. The summed E-state index contributed by atoms with van der Waals surface area (Å²) in [5, 5.41) is 4.44. The SMILES string of the molecule is N/C(=N\C(=C(/N)c1ccccc1)c1ccccc1)c1cc(-c2ccc(N(c3ccccc3)c3ccc4ccccc4c3)cc2)cc2oc3ccc4c(c3c12)CCC=C4. The first-order chi connectivity index (χ1) is 28.6. The Morgan fingerprint density at radius 2 is 1.19 bits per heavy atom. The highest BCUT2D eigenvalue weighted by Crippen LogP contribution is 2.42. The summed E-state index contributed by atoms with van der Waals surface area (Å²) in [6, 6.07) is 62.7. The predicted octanol–water partition coefficient (Wildman–Crippen LogP) is 13.0. The molecule has 0 spiro atoms. The number of fused-ring (bicyclic) bond motifs is 6. The molecule has 10 rings (SSSR count). The second-order valence-corrected chi connectivity index (χ2v) is 14.7. The van der Waals surface area contributed by atoms with Crippen LogP contribution in [0.1, 0.15) is 34.2 Å². The molecule has 8 aromatic carbocycles. The van der Waals surface area contributed by atoms with Crippen molar-refractivity contribution >= 4 is 73.1 Å². The fraction of sp³-hybridized carbons (Fsp3) is 0.0377. The number of aliphatic imine (C=N–C) groups is 1. The Morgan fingerprint density at radius 3 is 1.95 bits per heavy atom. The van der Waals surface area contributed by atoms with Crippen LogP contribution < -0.4 is 16.4 Å². The van der Waals surface area contributed by atoms with Crippen molar-refractivity contribution < 1.29 is 4.42 Å². The molecule has 5 nitrogen and oxygen atoms in total. The number of amidine groups is 1. The average Bonchev–Trinajstić information content (AvgIpc) is 3.68. The number of benzene rings is 8. The summed E-state index contributed by atoms with van der Waals surface area (Å²) in [5.74, 6) is 0.361. The van der Waals surface area contributed by atoms with Gasteiger partial charge in [-0.15, -0.1) is 0 Å². The Balaban J connectivity index is 1.14. The largest absolute Gasteiger partial charge is 0.456 e. The van der Waals surface area contributed by atoms with Gasteiger partial charge in [-0.3, -0.25) is 0 Å². The van der Waals surface area contributed by atoms with E-state index in [-0.39, 0.29) is 0 Å². The van der Waals surface area contributed by atoms with Gasteiger partial charge < -0.3 is 20.8 Å². The fourth-order valence-electron chi connectivity index (χ4n) is 8.26. The lowest BCUT2D eigenvalue weighted by atomic mass is 9.90. The first-order valence-corrected chi connectivity index (χ1v) is 19.7. The van der Waals surface area contributed by atoms with Crippen molar-refractivity contribution in [2.75, 3.05) is 4.90 Å². The minimum atomic E-state index is 0.361. The summed E-state index contributed by atoms with van der Waals surface area (Å²) in [6.07, 6.45) is 6.33. The van der Waals surface area contributed by atoms with Crippen molar-refractivity contribution in [3.63, 3.8) is 0 Å². The fourth-order valence-corrected chi connectivity index (χ4v) is 8.26. The lowest BCUT2D eigenvalue weighted by molar-refractivity contribution is 0.668. The smallest absolute Gasteiger partial charge is 0.136 e. The number of furan rings is 1. The first-order valence-electron chi connectivity index (χ1n) is 19.7. The van der Waals surface area contributed by atoms with E-state index in [1.807, 2.05) is 66.7 Å². The predicted molar refractivity (Wildman–Crippen MR) is 243 cm³/mol. The maximum atomic E-state index is 7.22. The number of rotatable bonds is 8. The summed E-state index contributed by atoms with van der Waals surface area (Å²) in [7, 11) is 0. The zero-order valence-corrected chi connectivity index (χ0v) is 31.8. The molecule has 0 radical (unpaired) electrons. The van der Waals surface area contributed by atoms with E-state index in [0.717, 1.165) is 79.7 Å². The molecular weight excluding hydrogens is 709 g/mol. The van der Waals surface area contributed by atoms with E-state index >= 15 is 0 Å². The van der Waals surface area contributed by atoms with Crippen molar-refractivity contribution in [3.05, 3.63) is 216 Å². The maximum Gasteiger partial charge on any atom is 0.136 e. The third-order valence-corrected chi connectivity index (χ3v) is 11.1. The highest BCUT2D eigenvalue weighted by atomic mass is 16.3. The molecular formula is C53H40N4O. The Hall–Kier alpha value is -7.63. The monoisotopic (exact) mass is 748 g/mol. The molecule has 9 aromatic rings. The molecule has 1 aliphatic carbocycles. The van der Waals surface area contributed by atoms with Gasteiger partial charge in [0.15, 0.2) is 0 Å². The van der Waals surface area contributed by atoms with Gasteiger partial charge >= 0.3 is 0 Å². The van der Waals surface area contributed by atoms with Gasteiger partial charge in [-0.25, -0.2) is 4.99 Å². The Labute approximate surface area is 337 Å². The lowest BCUT2D eigenvalue weighted by Crippen LogP contribution is -2.15. The minimum Gasteiger partial charge on any atom is -0.456 e. The molecule has 0 atom stereocenters. The number of hydrogen-bond acceptors (Lipinski definition) is 4. The van der Waals surface area contributed by atoms with E-state index in [4.69, 9.17) is 20.9 Å². The van der Waals surface area contributed by atoms with E-state index in [2.05, 4.69) is 132 Å². The van der Waals surface area contributed by atoms with Crippen molar-refractivity contribution in [1.29, 1.82) is 0 Å². The lowest BCUT2D eigenvalue weighted by Gasteiger charge is -2.26. The third-order valence-electron chi connectivity index (χ3n) is 11.1. The highest BCUT2D eigenvalue weighted by molar-refractivity contribution is 6.21. The molecule has 58 heavy (non-hydrogen) atoms. The highest BCUT2D eigenvalue weighted by Gasteiger charge is 2.22. The molecule has 0 bridgehead atoms. The molecule has 1 aromatic heterocycles. The van der Waals surface area contributed by atoms with Gasteiger partial charge in [0.25, 0.3) is 0 Å². The van der Waals surface area contributed by atoms with Crippen LogP contribution in [0.4, 0.5) is 17.1 Å². The minimum absolute atomic E-state index is 0.361. The van der Waals surface area contributed by atoms with Gasteiger partial charge in [-0.05, 0) is 106 Å². The van der Waals surface area contributed by atoms with Gasteiger partial charge in [-0.2, -0.15) is 0 Å². The number of nitrogens with two attached hydrogens (primary N) is 2. The van der Waals surface area contributed by atoms with Crippen LogP contribution >= 0.6 is 0 Å². The summed E-state index contributed by atoms with van der Waals surface area (Å²) >= 11 is 0. The van der Waals surface area contributed by atoms with Gasteiger partial charge in [0.2, 0.25) is 0 Å². The standard InChI is InChI=1S/C53H40N4O/c54-51(38-16-4-1-5-17-38)52(39-18-6-2-7-19-39)56-53(55)46-33-41(34-48-50(46)49-45-23-13-12-15-37(45)27-31-47(49)58-48)36-24-28-43(29-25-36)57(42-21-8-3-9-22-42)44-30-26-35-14-10-11-20-40(35)32-44/h1-12,14-22,24-34H,13,23,54H2,(H2,55,56)/b52-51-. The Kier molecular flexibility index (Phi) is 8.88. The van der Waals surface area contributed by atoms with Crippen molar-refractivity contribution in [2.45, 2.75) is 12.8 Å². The van der Waals surface area contributed by atoms with E-state index < -0.39 is 0 Å². The van der Waals surface area contributed by atoms with Crippen molar-refractivity contribution in [2.24, 2.45) is 16.5 Å². The summed E-state index contributed by atoms with van der Waals surface area (Å²) in [6.45, 7) is 0. The normalized spacial score (nSPS) is 13.1. The number of para-hydroxylation sites is 1. The molecule has 1 aliphatic rings. The summed E-state index contributed by atoms with van der Waals surface area (Å²) in [5.41, 5.74) is 27.1. The van der Waals surface area contributed by atoms with Crippen LogP contribution in [-0.4, -0.2) is 5.84 Å². The molecule has 4 N–H and O–H groups in total. The van der Waals surface area contributed by atoms with Crippen LogP contribution in [0.2, 0.25) is 0 Å². The van der Waals surface area contributed by atoms with Crippen molar-refractivity contribution in [1.82, 2.24) is 0 Å². The number of nitrogens with zero attached hydrogens (tertiary/aromatic N) is 2. The van der Waals surface area contributed by atoms with Crippen LogP contribution in [0.3, 0.4) is 0 Å². The second kappa shape index (κ2) is 14.8. The number of hydrogen-bond donors (Lipinski definition) is 2. The van der Waals surface area contributed by atoms with Crippen LogP contribution in [0.15, 0.2) is 197 Å². The van der Waals surface area contributed by atoms with Gasteiger partial charge in [0, 0.05) is 39.0 Å². The van der Waals surface area contributed by atoms with E-state index in [1.165, 1.54) is 21.9 Å². The van der Waals surface area contributed by atoms with Crippen LogP contribution in [0.5, 0.6) is 0 Å². The zero-order valence-electron chi connectivity index (χ0n) is 31.8. The molecule has 278 valence electrons. The Bertz CT molecular complexity index is 3050. The molecule has 5 heteroatoms. The summed E-state index contributed by atoms with van der Waals surface area (Å²) < 4.78 is 6.71. The molecule has 0 saturated heterocycles. The van der Waals surface area contributed by atoms with Gasteiger partial charge in [-0.1, -0.05) is 140 Å². The van der Waals surface area contributed by atoms with Crippen molar-refractivity contribution in [3.8, 4) is 11.1 Å².